The summed E-state index contributed by atoms with van der Waals surface area (Å²) in [6, 6.07) is 7.50. The number of rotatable bonds is 1. The maximum atomic E-state index is 5.37. The number of anilines is 1. The number of nitrogens with zero attached hydrogens (tertiary/aromatic N) is 1. The van der Waals surface area contributed by atoms with Gasteiger partial charge >= 0.3 is 0 Å². The number of benzene rings is 1. The molecule has 0 aliphatic rings. The highest BCUT2D eigenvalue weighted by Crippen LogP contribution is 2.21. The van der Waals surface area contributed by atoms with Gasteiger partial charge in [-0.25, -0.2) is 0 Å². The predicted octanol–water partition coefficient (Wildman–Crippen LogP) is 2.39. The summed E-state index contributed by atoms with van der Waals surface area (Å²) in [6.07, 6.45) is 0. The van der Waals surface area contributed by atoms with Crippen LogP contribution < -0.4 is 4.84 Å². The average Bonchev–Trinajstić information content (AvgIpc) is 2.47. The molecule has 0 bridgehead atoms. The van der Waals surface area contributed by atoms with Gasteiger partial charge in [0.15, 0.2) is 11.4 Å². The Balaban J connectivity index is 2.76. The molecule has 0 unspecified atom stereocenters. The molecule has 0 aliphatic heterocycles. The van der Waals surface area contributed by atoms with E-state index in [0.717, 1.165) is 11.0 Å². The molecule has 1 aromatic carbocycles. The van der Waals surface area contributed by atoms with E-state index >= 15 is 0 Å². The molecule has 0 atom stereocenters. The first kappa shape index (κ1) is 6.49. The highest BCUT2D eigenvalue weighted by molar-refractivity contribution is 6.25. The minimum Gasteiger partial charge on any atom is -0.354 e. The summed E-state index contributed by atoms with van der Waals surface area (Å²) in [6.45, 7) is 0. The summed E-state index contributed by atoms with van der Waals surface area (Å²) in [4.78, 5) is 2.42. The maximum Gasteiger partial charge on any atom is 0.191 e. The molecule has 3 nitrogen and oxygen atoms in total. The number of fused-ring (bicyclic) bond motifs is 1. The summed E-state index contributed by atoms with van der Waals surface area (Å²) in [5.41, 5.74) is 0.732. The Morgan fingerprint density at radius 2 is 2.18 bits per heavy atom. The molecule has 2 rings (SSSR count). The van der Waals surface area contributed by atoms with Gasteiger partial charge in [0.05, 0.1) is 5.39 Å². The molecule has 0 amide bonds. The first-order valence-electron chi connectivity index (χ1n) is 3.13. The standard InChI is InChI=1S/C7H5ClN2O/c8-9-7-5-3-1-2-4-6(5)11-10-7/h1-4H,(H,9,10). The molecule has 0 saturated carbocycles. The second kappa shape index (κ2) is 2.43. The lowest BCUT2D eigenvalue weighted by molar-refractivity contribution is 0.460. The zero-order valence-corrected chi connectivity index (χ0v) is 6.30. The van der Waals surface area contributed by atoms with Crippen molar-refractivity contribution in [3.8, 4) is 0 Å². The van der Waals surface area contributed by atoms with Crippen LogP contribution >= 0.6 is 11.8 Å². The minimum absolute atomic E-state index is 0.558. The number of aromatic nitrogens is 1. The Morgan fingerprint density at radius 3 is 3.00 bits per heavy atom. The van der Waals surface area contributed by atoms with Crippen LogP contribution in [0.15, 0.2) is 28.8 Å². The van der Waals surface area contributed by atoms with Crippen molar-refractivity contribution in [3.05, 3.63) is 24.3 Å². The van der Waals surface area contributed by atoms with Crippen molar-refractivity contribution in [1.82, 2.24) is 5.16 Å². The lowest BCUT2D eigenvalue weighted by Crippen LogP contribution is -1.77. The topological polar surface area (TPSA) is 38.1 Å². The van der Waals surface area contributed by atoms with Crippen molar-refractivity contribution < 1.29 is 4.52 Å². The van der Waals surface area contributed by atoms with Crippen LogP contribution in [0, 0.1) is 0 Å². The molecule has 0 aliphatic carbocycles. The van der Waals surface area contributed by atoms with Crippen LogP contribution in [0.5, 0.6) is 0 Å². The van der Waals surface area contributed by atoms with Gasteiger partial charge < -0.3 is 4.52 Å². The van der Waals surface area contributed by atoms with Gasteiger partial charge in [0, 0.05) is 11.8 Å². The van der Waals surface area contributed by atoms with Gasteiger partial charge in [-0.15, -0.1) is 0 Å². The van der Waals surface area contributed by atoms with Gasteiger partial charge in [-0.1, -0.05) is 17.3 Å². The Kier molecular flexibility index (Phi) is 1.43. The molecule has 2 aromatic rings. The summed E-state index contributed by atoms with van der Waals surface area (Å²) in [7, 11) is 0. The minimum atomic E-state index is 0.558. The van der Waals surface area contributed by atoms with E-state index in [2.05, 4.69) is 9.99 Å². The van der Waals surface area contributed by atoms with E-state index in [1.54, 1.807) is 0 Å². The van der Waals surface area contributed by atoms with Crippen molar-refractivity contribution in [2.45, 2.75) is 0 Å². The van der Waals surface area contributed by atoms with Crippen molar-refractivity contribution in [2.75, 3.05) is 4.84 Å². The van der Waals surface area contributed by atoms with Crippen molar-refractivity contribution in [1.29, 1.82) is 0 Å². The first-order chi connectivity index (χ1) is 5.42. The van der Waals surface area contributed by atoms with Gasteiger partial charge in [-0.2, -0.15) is 0 Å². The number of halogens is 1. The van der Waals surface area contributed by atoms with Crippen LogP contribution in [0.1, 0.15) is 0 Å². The van der Waals surface area contributed by atoms with Gasteiger partial charge in [-0.3, -0.25) is 4.84 Å². The second-order valence-corrected chi connectivity index (χ2v) is 2.31. The van der Waals surface area contributed by atoms with E-state index < -0.39 is 0 Å². The maximum absolute atomic E-state index is 5.37. The molecular weight excluding hydrogens is 164 g/mol. The van der Waals surface area contributed by atoms with E-state index in [1.165, 1.54) is 0 Å². The SMILES string of the molecule is ClNc1noc2ccccc12. The van der Waals surface area contributed by atoms with E-state index in [-0.39, 0.29) is 0 Å². The third kappa shape index (κ3) is 0.935. The first-order valence-corrected chi connectivity index (χ1v) is 3.50. The van der Waals surface area contributed by atoms with Crippen molar-refractivity contribution in [2.24, 2.45) is 0 Å². The van der Waals surface area contributed by atoms with Gasteiger partial charge in [-0.05, 0) is 12.1 Å². The van der Waals surface area contributed by atoms with Crippen LogP contribution in [-0.2, 0) is 0 Å². The molecular formula is C7H5ClN2O. The van der Waals surface area contributed by atoms with E-state index in [1.807, 2.05) is 24.3 Å². The largest absolute Gasteiger partial charge is 0.354 e. The predicted molar refractivity (Wildman–Crippen MR) is 43.5 cm³/mol. The molecule has 1 aromatic heterocycles. The Hall–Kier alpha value is -1.22. The molecule has 0 radical (unpaired) electrons. The smallest absolute Gasteiger partial charge is 0.191 e. The fourth-order valence-electron chi connectivity index (χ4n) is 0.954. The molecule has 11 heavy (non-hydrogen) atoms. The number of nitrogens with one attached hydrogen (secondary N) is 1. The van der Waals surface area contributed by atoms with Gasteiger partial charge in [0.25, 0.3) is 0 Å². The van der Waals surface area contributed by atoms with Crippen LogP contribution in [0.2, 0.25) is 0 Å². The van der Waals surface area contributed by atoms with E-state index in [0.29, 0.717) is 5.82 Å². The average molecular weight is 169 g/mol. The molecule has 0 saturated heterocycles. The summed E-state index contributed by atoms with van der Waals surface area (Å²) in [5, 5.41) is 4.59. The van der Waals surface area contributed by atoms with Gasteiger partial charge in [0.2, 0.25) is 0 Å². The second-order valence-electron chi connectivity index (χ2n) is 2.12. The number of hydrogen-bond donors (Lipinski definition) is 1. The Morgan fingerprint density at radius 1 is 1.36 bits per heavy atom. The fraction of sp³-hybridized carbons (Fsp3) is 0. The van der Waals surface area contributed by atoms with E-state index in [4.69, 9.17) is 16.3 Å². The number of para-hydroxylation sites is 1. The quantitative estimate of drug-likeness (QED) is 0.665. The lowest BCUT2D eigenvalue weighted by atomic mass is 10.2. The van der Waals surface area contributed by atoms with Crippen LogP contribution in [0.4, 0.5) is 5.82 Å². The van der Waals surface area contributed by atoms with Crippen LogP contribution in [0.25, 0.3) is 11.0 Å². The highest BCUT2D eigenvalue weighted by atomic mass is 35.5. The van der Waals surface area contributed by atoms with Crippen LogP contribution in [0.3, 0.4) is 0 Å². The zero-order valence-electron chi connectivity index (χ0n) is 5.54. The van der Waals surface area contributed by atoms with Gasteiger partial charge in [0.1, 0.15) is 0 Å². The molecule has 1 N–H and O–H groups in total. The Bertz CT molecular complexity index is 371. The Labute approximate surface area is 68.0 Å². The monoisotopic (exact) mass is 168 g/mol. The summed E-state index contributed by atoms with van der Waals surface area (Å²) >= 11 is 5.37. The zero-order chi connectivity index (χ0) is 7.68. The molecule has 0 fully saturated rings. The summed E-state index contributed by atoms with van der Waals surface area (Å²) in [5.74, 6) is 0.558. The highest BCUT2D eigenvalue weighted by Gasteiger charge is 2.03. The molecule has 56 valence electrons. The molecule has 0 spiro atoms. The van der Waals surface area contributed by atoms with Crippen molar-refractivity contribution >= 4 is 28.6 Å². The molecule has 1 heterocycles. The van der Waals surface area contributed by atoms with E-state index in [9.17, 15) is 0 Å². The van der Waals surface area contributed by atoms with Crippen molar-refractivity contribution in [3.63, 3.8) is 0 Å². The normalized spacial score (nSPS) is 10.3. The molecule has 4 heteroatoms. The third-order valence-corrected chi connectivity index (χ3v) is 1.65. The summed E-state index contributed by atoms with van der Waals surface area (Å²) < 4.78 is 4.94. The lowest BCUT2D eigenvalue weighted by Gasteiger charge is -1.86. The third-order valence-electron chi connectivity index (χ3n) is 1.47. The fourth-order valence-corrected chi connectivity index (χ4v) is 1.09. The number of hydrogen-bond acceptors (Lipinski definition) is 3. The van der Waals surface area contributed by atoms with Crippen LogP contribution in [-0.4, -0.2) is 5.16 Å².